The smallest absolute Gasteiger partial charge is 0.271 e. The van der Waals surface area contributed by atoms with Crippen LogP contribution >= 0.6 is 0 Å². The monoisotopic (exact) mass is 366 g/mol. The molecule has 4 aliphatic carbocycles. The normalized spacial score (nSPS) is 33.6. The minimum atomic E-state index is -3.91. The number of carbonyl (C=O) groups is 1. The Morgan fingerprint density at radius 3 is 2.12 bits per heavy atom. The Labute approximate surface area is 149 Å². The van der Waals surface area contributed by atoms with Crippen molar-refractivity contribution in [1.29, 1.82) is 0 Å². The molecular weight excluding hydrogens is 340 g/mol. The van der Waals surface area contributed by atoms with E-state index in [2.05, 4.69) is 5.16 Å². The van der Waals surface area contributed by atoms with E-state index in [1.807, 2.05) is 0 Å². The zero-order valence-corrected chi connectivity index (χ0v) is 15.9. The summed E-state index contributed by atoms with van der Waals surface area (Å²) in [5.41, 5.74) is 0.320. The molecule has 4 saturated carbocycles. The fraction of sp³-hybridized carbons (Fsp3) is 0.778. The fourth-order valence-corrected chi connectivity index (χ4v) is 7.47. The zero-order chi connectivity index (χ0) is 18.0. The van der Waals surface area contributed by atoms with Crippen LogP contribution in [0.3, 0.4) is 0 Å². The SMILES string of the molecule is Cc1noc(C)c1S(=O)(=O)N(C)C(=O)CC12CC3CC(CC(C3)C1)C2. The van der Waals surface area contributed by atoms with Gasteiger partial charge in [0.2, 0.25) is 5.91 Å². The maximum atomic E-state index is 12.9. The van der Waals surface area contributed by atoms with Crippen LogP contribution in [0.2, 0.25) is 0 Å². The molecule has 4 bridgehead atoms. The molecule has 0 saturated heterocycles. The van der Waals surface area contributed by atoms with Crippen LogP contribution in [0, 0.1) is 37.0 Å². The molecule has 0 radical (unpaired) electrons. The largest absolute Gasteiger partial charge is 0.360 e. The van der Waals surface area contributed by atoms with Crippen molar-refractivity contribution < 1.29 is 17.7 Å². The number of carbonyl (C=O) groups excluding carboxylic acids is 1. The highest BCUT2D eigenvalue weighted by Crippen LogP contribution is 2.61. The third-order valence-electron chi connectivity index (χ3n) is 6.63. The highest BCUT2D eigenvalue weighted by atomic mass is 32.2. The van der Waals surface area contributed by atoms with Crippen molar-refractivity contribution in [2.45, 2.75) is 63.7 Å². The van der Waals surface area contributed by atoms with Crippen LogP contribution in [0.1, 0.15) is 56.4 Å². The van der Waals surface area contributed by atoms with E-state index in [4.69, 9.17) is 4.52 Å². The summed E-state index contributed by atoms with van der Waals surface area (Å²) in [5.74, 6) is 2.14. The maximum Gasteiger partial charge on any atom is 0.271 e. The van der Waals surface area contributed by atoms with E-state index in [1.165, 1.54) is 26.3 Å². The molecule has 138 valence electrons. The van der Waals surface area contributed by atoms with Gasteiger partial charge in [-0.25, -0.2) is 12.7 Å². The minimum Gasteiger partial charge on any atom is -0.360 e. The topological polar surface area (TPSA) is 80.5 Å². The lowest BCUT2D eigenvalue weighted by Crippen LogP contribution is -2.48. The van der Waals surface area contributed by atoms with Crippen LogP contribution in [-0.2, 0) is 14.8 Å². The lowest BCUT2D eigenvalue weighted by Gasteiger charge is -2.56. The molecule has 1 amide bonds. The molecule has 4 aliphatic rings. The molecule has 0 spiro atoms. The first-order chi connectivity index (χ1) is 11.7. The molecule has 6 nitrogen and oxygen atoms in total. The van der Waals surface area contributed by atoms with Crippen LogP contribution in [0.4, 0.5) is 0 Å². The van der Waals surface area contributed by atoms with Gasteiger partial charge >= 0.3 is 0 Å². The number of aryl methyl sites for hydroxylation is 2. The van der Waals surface area contributed by atoms with Gasteiger partial charge in [0.15, 0.2) is 10.7 Å². The van der Waals surface area contributed by atoms with Crippen molar-refractivity contribution >= 4 is 15.9 Å². The van der Waals surface area contributed by atoms with Gasteiger partial charge in [-0.2, -0.15) is 0 Å². The number of nitrogens with zero attached hydrogens (tertiary/aromatic N) is 2. The minimum absolute atomic E-state index is 0.0221. The Balaban J connectivity index is 1.55. The number of sulfonamides is 1. The summed E-state index contributed by atoms with van der Waals surface area (Å²) in [7, 11) is -2.55. The molecule has 0 aliphatic heterocycles. The molecule has 1 heterocycles. The molecule has 0 atom stereocenters. The first-order valence-corrected chi connectivity index (χ1v) is 10.6. The van der Waals surface area contributed by atoms with E-state index < -0.39 is 10.0 Å². The molecule has 0 unspecified atom stereocenters. The molecule has 1 aromatic heterocycles. The van der Waals surface area contributed by atoms with E-state index in [0.29, 0.717) is 12.1 Å². The van der Waals surface area contributed by atoms with Crippen LogP contribution < -0.4 is 0 Å². The van der Waals surface area contributed by atoms with Crippen molar-refractivity contribution in [3.8, 4) is 0 Å². The summed E-state index contributed by atoms with van der Waals surface area (Å²) in [4.78, 5) is 12.9. The second-order valence-corrected chi connectivity index (χ2v) is 10.5. The molecule has 0 aromatic carbocycles. The van der Waals surface area contributed by atoms with Gasteiger partial charge in [-0.3, -0.25) is 4.79 Å². The predicted molar refractivity (Wildman–Crippen MR) is 91.2 cm³/mol. The van der Waals surface area contributed by atoms with Crippen molar-refractivity contribution in [3.05, 3.63) is 11.5 Å². The van der Waals surface area contributed by atoms with Gasteiger partial charge < -0.3 is 4.52 Å². The van der Waals surface area contributed by atoms with Crippen molar-refractivity contribution in [1.82, 2.24) is 9.46 Å². The number of hydrogen-bond donors (Lipinski definition) is 0. The van der Waals surface area contributed by atoms with Crippen LogP contribution in [0.25, 0.3) is 0 Å². The van der Waals surface area contributed by atoms with E-state index in [-0.39, 0.29) is 22.0 Å². The van der Waals surface area contributed by atoms with Crippen molar-refractivity contribution in [2.75, 3.05) is 7.05 Å². The highest BCUT2D eigenvalue weighted by Gasteiger charge is 2.52. The number of hydrogen-bond acceptors (Lipinski definition) is 5. The van der Waals surface area contributed by atoms with Crippen molar-refractivity contribution in [2.24, 2.45) is 23.2 Å². The molecule has 7 heteroatoms. The molecule has 0 N–H and O–H groups in total. The number of amides is 1. The average Bonchev–Trinajstić information content (AvgIpc) is 2.84. The third kappa shape index (κ3) is 2.71. The van der Waals surface area contributed by atoms with Crippen LogP contribution in [0.5, 0.6) is 0 Å². The Bertz CT molecular complexity index is 756. The Morgan fingerprint density at radius 1 is 1.16 bits per heavy atom. The van der Waals surface area contributed by atoms with Gasteiger partial charge in [-0.15, -0.1) is 0 Å². The summed E-state index contributed by atoms with van der Waals surface area (Å²) in [5, 5.41) is 3.71. The number of aromatic nitrogens is 1. The van der Waals surface area contributed by atoms with Gasteiger partial charge in [-0.1, -0.05) is 5.16 Å². The molecule has 4 fully saturated rings. The second kappa shape index (κ2) is 5.56. The van der Waals surface area contributed by atoms with E-state index in [1.54, 1.807) is 13.8 Å². The van der Waals surface area contributed by atoms with Gasteiger partial charge in [0.05, 0.1) is 0 Å². The molecular formula is C18H26N2O4S. The fourth-order valence-electron chi connectivity index (χ4n) is 6.05. The Morgan fingerprint density at radius 2 is 1.68 bits per heavy atom. The van der Waals surface area contributed by atoms with E-state index in [0.717, 1.165) is 41.3 Å². The summed E-state index contributed by atoms with van der Waals surface area (Å²) >= 11 is 0. The Hall–Kier alpha value is -1.37. The maximum absolute atomic E-state index is 12.9. The van der Waals surface area contributed by atoms with Gasteiger partial charge in [-0.05, 0) is 75.5 Å². The third-order valence-corrected chi connectivity index (χ3v) is 8.65. The van der Waals surface area contributed by atoms with E-state index >= 15 is 0 Å². The van der Waals surface area contributed by atoms with Crippen LogP contribution in [0.15, 0.2) is 9.42 Å². The molecule has 25 heavy (non-hydrogen) atoms. The summed E-state index contributed by atoms with van der Waals surface area (Å²) in [6, 6.07) is 0. The predicted octanol–water partition coefficient (Wildman–Crippen LogP) is 3.05. The van der Waals surface area contributed by atoms with Crippen molar-refractivity contribution in [3.63, 3.8) is 0 Å². The first-order valence-electron chi connectivity index (χ1n) is 9.15. The second-order valence-electron chi connectivity index (χ2n) is 8.61. The average molecular weight is 366 g/mol. The zero-order valence-electron chi connectivity index (χ0n) is 15.1. The molecule has 5 rings (SSSR count). The lowest BCUT2D eigenvalue weighted by molar-refractivity contribution is -0.134. The van der Waals surface area contributed by atoms with Crippen LogP contribution in [-0.4, -0.2) is 30.8 Å². The van der Waals surface area contributed by atoms with Gasteiger partial charge in [0.1, 0.15) is 5.69 Å². The number of rotatable bonds is 4. The quantitative estimate of drug-likeness (QED) is 0.818. The highest BCUT2D eigenvalue weighted by molar-refractivity contribution is 7.89. The summed E-state index contributed by atoms with van der Waals surface area (Å²) in [6.45, 7) is 3.14. The summed E-state index contributed by atoms with van der Waals surface area (Å²) in [6.07, 6.45) is 7.52. The lowest BCUT2D eigenvalue weighted by atomic mass is 9.49. The summed E-state index contributed by atoms with van der Waals surface area (Å²) < 4.78 is 31.6. The first kappa shape index (κ1) is 17.1. The van der Waals surface area contributed by atoms with Gasteiger partial charge in [0, 0.05) is 13.5 Å². The Kier molecular flexibility index (Phi) is 3.80. The standard InChI is InChI=1S/C18H26N2O4S/c1-11-17(12(2)24-19-11)25(22,23)20(3)16(21)10-18-7-13-4-14(8-18)6-15(5-13)9-18/h13-15H,4-10H2,1-3H3. The molecule has 1 aromatic rings. The van der Waals surface area contributed by atoms with E-state index in [9.17, 15) is 13.2 Å². The van der Waals surface area contributed by atoms with Gasteiger partial charge in [0.25, 0.3) is 10.0 Å².